The van der Waals surface area contributed by atoms with Gasteiger partial charge >= 0.3 is 0 Å². The summed E-state index contributed by atoms with van der Waals surface area (Å²) in [5.74, 6) is 1.67. The molecule has 1 unspecified atom stereocenters. The molecule has 0 amide bonds. The van der Waals surface area contributed by atoms with E-state index in [2.05, 4.69) is 164 Å². The van der Waals surface area contributed by atoms with E-state index in [0.717, 1.165) is 67.1 Å². The van der Waals surface area contributed by atoms with Crippen molar-refractivity contribution in [3.8, 4) is 56.2 Å². The third-order valence-corrected chi connectivity index (χ3v) is 11.3. The Morgan fingerprint density at radius 2 is 1.07 bits per heavy atom. The first-order valence-electron chi connectivity index (χ1n) is 19.1. The summed E-state index contributed by atoms with van der Waals surface area (Å²) in [6, 6.07) is 66.4. The topological polar surface area (TPSA) is 42.2 Å². The first-order chi connectivity index (χ1) is 27.7. The molecule has 3 heterocycles. The monoisotopic (exact) mass is 717 g/mol. The van der Waals surface area contributed by atoms with E-state index in [1.807, 2.05) is 36.4 Å². The van der Waals surface area contributed by atoms with E-state index in [1.54, 1.807) is 0 Å². The van der Waals surface area contributed by atoms with Crippen LogP contribution in [-0.2, 0) is 0 Å². The lowest BCUT2D eigenvalue weighted by atomic mass is 9.85. The summed E-state index contributed by atoms with van der Waals surface area (Å²) in [5, 5.41) is 6.10. The number of hydrogen-bond donors (Lipinski definition) is 0. The van der Waals surface area contributed by atoms with Gasteiger partial charge in [-0.05, 0) is 74.6 Å². The quantitative estimate of drug-likeness (QED) is 0.166. The number of benzene rings is 8. The van der Waals surface area contributed by atoms with Crippen molar-refractivity contribution in [1.29, 1.82) is 0 Å². The SMILES string of the molecule is CN1c2ccc(-c3cccc(-c4cc(-c5ccccc5)nc(-c5ccccc5)n4)c3)cc2-c2c(oc3ccccc23)C1c1cc2ccccc2c2ccccc12. The Kier molecular flexibility index (Phi) is 7.42. The van der Waals surface area contributed by atoms with Crippen LogP contribution < -0.4 is 4.90 Å². The maximum Gasteiger partial charge on any atom is 0.160 e. The summed E-state index contributed by atoms with van der Waals surface area (Å²) in [5.41, 5.74) is 12.7. The van der Waals surface area contributed by atoms with Gasteiger partial charge in [0.05, 0.1) is 11.4 Å². The van der Waals surface area contributed by atoms with E-state index in [0.29, 0.717) is 5.82 Å². The largest absolute Gasteiger partial charge is 0.458 e. The lowest BCUT2D eigenvalue weighted by Crippen LogP contribution is -2.28. The van der Waals surface area contributed by atoms with Gasteiger partial charge in [0.15, 0.2) is 5.82 Å². The molecule has 8 aromatic carbocycles. The molecule has 10 aromatic rings. The molecule has 0 fully saturated rings. The van der Waals surface area contributed by atoms with Crippen LogP contribution in [0.25, 0.3) is 88.7 Å². The van der Waals surface area contributed by atoms with Gasteiger partial charge in [-0.25, -0.2) is 9.97 Å². The molecule has 4 nitrogen and oxygen atoms in total. The normalized spacial score (nSPS) is 13.6. The number of furan rings is 1. The van der Waals surface area contributed by atoms with Crippen LogP contribution in [0.3, 0.4) is 0 Å². The van der Waals surface area contributed by atoms with Gasteiger partial charge in [0.1, 0.15) is 17.4 Å². The van der Waals surface area contributed by atoms with Crippen molar-refractivity contribution in [2.45, 2.75) is 6.04 Å². The zero-order valence-electron chi connectivity index (χ0n) is 30.7. The third kappa shape index (κ3) is 5.22. The molecule has 11 rings (SSSR count). The molecule has 1 aliphatic rings. The minimum Gasteiger partial charge on any atom is -0.458 e. The second-order valence-electron chi connectivity index (χ2n) is 14.6. The van der Waals surface area contributed by atoms with E-state index < -0.39 is 0 Å². The third-order valence-electron chi connectivity index (χ3n) is 11.3. The van der Waals surface area contributed by atoms with E-state index in [-0.39, 0.29) is 6.04 Å². The predicted molar refractivity (Wildman–Crippen MR) is 231 cm³/mol. The molecule has 56 heavy (non-hydrogen) atoms. The Morgan fingerprint density at radius 1 is 0.464 bits per heavy atom. The molecule has 1 atom stereocenters. The van der Waals surface area contributed by atoms with Gasteiger partial charge in [-0.15, -0.1) is 0 Å². The van der Waals surface area contributed by atoms with E-state index in [4.69, 9.17) is 14.4 Å². The average Bonchev–Trinajstić information content (AvgIpc) is 3.66. The lowest BCUT2D eigenvalue weighted by molar-refractivity contribution is 0.515. The number of nitrogens with zero attached hydrogens (tertiary/aromatic N) is 3. The van der Waals surface area contributed by atoms with Gasteiger partial charge in [0.25, 0.3) is 0 Å². The van der Waals surface area contributed by atoms with E-state index in [9.17, 15) is 0 Å². The minimum absolute atomic E-state index is 0.121. The summed E-state index contributed by atoms with van der Waals surface area (Å²) < 4.78 is 6.91. The number of hydrogen-bond acceptors (Lipinski definition) is 4. The molecular weight excluding hydrogens is 683 g/mol. The molecule has 264 valence electrons. The highest BCUT2D eigenvalue weighted by Crippen LogP contribution is 2.53. The molecule has 1 aliphatic heterocycles. The zero-order chi connectivity index (χ0) is 37.2. The molecular formula is C52H35N3O. The minimum atomic E-state index is -0.121. The highest BCUT2D eigenvalue weighted by atomic mass is 16.3. The van der Waals surface area contributed by atoms with Crippen molar-refractivity contribution in [2.75, 3.05) is 11.9 Å². The van der Waals surface area contributed by atoms with Crippen LogP contribution in [0.5, 0.6) is 0 Å². The molecule has 0 aliphatic carbocycles. The Morgan fingerprint density at radius 3 is 1.88 bits per heavy atom. The first kappa shape index (κ1) is 32.2. The molecule has 0 radical (unpaired) electrons. The molecule has 2 aromatic heterocycles. The second kappa shape index (κ2) is 12.9. The molecule has 0 saturated heterocycles. The Bertz CT molecular complexity index is 3050. The average molecular weight is 718 g/mol. The number of rotatable bonds is 5. The van der Waals surface area contributed by atoms with Crippen molar-refractivity contribution in [3.63, 3.8) is 0 Å². The highest BCUT2D eigenvalue weighted by Gasteiger charge is 2.36. The van der Waals surface area contributed by atoms with Crippen molar-refractivity contribution >= 4 is 38.2 Å². The van der Waals surface area contributed by atoms with Gasteiger partial charge in [-0.2, -0.15) is 0 Å². The number of anilines is 1. The summed E-state index contributed by atoms with van der Waals surface area (Å²) in [6.45, 7) is 0. The number of aromatic nitrogens is 2. The Balaban J connectivity index is 1.06. The molecule has 4 heteroatoms. The van der Waals surface area contributed by atoms with Crippen LogP contribution >= 0.6 is 0 Å². The molecule has 0 N–H and O–H groups in total. The summed E-state index contributed by atoms with van der Waals surface area (Å²) >= 11 is 0. The molecule has 0 saturated carbocycles. The van der Waals surface area contributed by atoms with Crippen LogP contribution in [0.4, 0.5) is 5.69 Å². The van der Waals surface area contributed by atoms with Crippen LogP contribution in [0, 0.1) is 0 Å². The van der Waals surface area contributed by atoms with Crippen molar-refractivity contribution < 1.29 is 4.42 Å². The fourth-order valence-corrected chi connectivity index (χ4v) is 8.66. The van der Waals surface area contributed by atoms with Crippen LogP contribution in [0.1, 0.15) is 17.4 Å². The van der Waals surface area contributed by atoms with Crippen LogP contribution in [-0.4, -0.2) is 17.0 Å². The predicted octanol–water partition coefficient (Wildman–Crippen LogP) is 13.4. The zero-order valence-corrected chi connectivity index (χ0v) is 30.7. The second-order valence-corrected chi connectivity index (χ2v) is 14.6. The number of para-hydroxylation sites is 1. The van der Waals surface area contributed by atoms with Gasteiger partial charge in [0, 0.05) is 45.9 Å². The van der Waals surface area contributed by atoms with Crippen LogP contribution in [0.15, 0.2) is 192 Å². The standard InChI is InChI=1S/C52H35N3O/c1-55-47-28-27-36(35-20-14-21-38(29-35)46-32-45(33-15-4-2-5-16-33)53-52(54-46)34-17-6-3-7-18-34)30-44(47)49-42-25-12-13-26-48(42)56-51(49)50(55)43-31-37-19-8-9-22-39(37)40-23-10-11-24-41(40)43/h2-32,50H,1H3. The molecule has 0 spiro atoms. The molecule has 0 bridgehead atoms. The van der Waals surface area contributed by atoms with Gasteiger partial charge in [-0.1, -0.05) is 152 Å². The summed E-state index contributed by atoms with van der Waals surface area (Å²) in [6.07, 6.45) is 0. The first-order valence-corrected chi connectivity index (χ1v) is 19.1. The van der Waals surface area contributed by atoms with Crippen molar-refractivity contribution in [1.82, 2.24) is 9.97 Å². The van der Waals surface area contributed by atoms with E-state index >= 15 is 0 Å². The Labute approximate surface area is 325 Å². The van der Waals surface area contributed by atoms with Crippen molar-refractivity contribution in [3.05, 3.63) is 199 Å². The van der Waals surface area contributed by atoms with Gasteiger partial charge in [0.2, 0.25) is 0 Å². The maximum atomic E-state index is 6.91. The fraction of sp³-hybridized carbons (Fsp3) is 0.0385. The number of fused-ring (bicyclic) bond motifs is 8. The summed E-state index contributed by atoms with van der Waals surface area (Å²) in [4.78, 5) is 12.5. The summed E-state index contributed by atoms with van der Waals surface area (Å²) in [7, 11) is 2.20. The van der Waals surface area contributed by atoms with E-state index in [1.165, 1.54) is 32.8 Å². The maximum absolute atomic E-state index is 6.91. The fourth-order valence-electron chi connectivity index (χ4n) is 8.66. The highest BCUT2D eigenvalue weighted by molar-refractivity contribution is 6.10. The Hall–Kier alpha value is -7.30. The van der Waals surface area contributed by atoms with Gasteiger partial charge < -0.3 is 9.32 Å². The van der Waals surface area contributed by atoms with Crippen LogP contribution in [0.2, 0.25) is 0 Å². The van der Waals surface area contributed by atoms with Gasteiger partial charge in [-0.3, -0.25) is 0 Å². The van der Waals surface area contributed by atoms with Crippen molar-refractivity contribution in [2.24, 2.45) is 0 Å². The lowest BCUT2D eigenvalue weighted by Gasteiger charge is -2.36. The smallest absolute Gasteiger partial charge is 0.160 e.